The van der Waals surface area contributed by atoms with Gasteiger partial charge in [0.05, 0.1) is 0 Å². The summed E-state index contributed by atoms with van der Waals surface area (Å²) in [6.45, 7) is 1.94. The van der Waals surface area contributed by atoms with Gasteiger partial charge in [-0.25, -0.2) is 0 Å². The topological polar surface area (TPSA) is 41.1 Å². The zero-order valence-electron chi connectivity index (χ0n) is 11.1. The lowest BCUT2D eigenvalue weighted by atomic mass is 10.1. The Bertz CT molecular complexity index is 451. The fourth-order valence-electron chi connectivity index (χ4n) is 2.26. The average molecular weight is 382 g/mol. The first-order chi connectivity index (χ1) is 9.15. The summed E-state index contributed by atoms with van der Waals surface area (Å²) >= 11 is 9.44. The normalized spacial score (nSPS) is 18.2. The molecule has 6 heteroatoms. The molecule has 1 aliphatic rings. The number of benzene rings is 1. The highest BCUT2D eigenvalue weighted by Gasteiger charge is 2.15. The van der Waals surface area contributed by atoms with Crippen molar-refractivity contribution in [3.05, 3.63) is 33.3 Å². The summed E-state index contributed by atoms with van der Waals surface area (Å²) in [7, 11) is 0. The standard InChI is InChI=1S/C14H18BrClN2O.ClH/c15-13-5-4-11(16)8-10(13)3-6-14(19)18-12-2-1-7-17-9-12;/h4-5,8,12,17H,1-3,6-7,9H2,(H,18,19);1H. The quantitative estimate of drug-likeness (QED) is 0.839. The Labute approximate surface area is 139 Å². The van der Waals surface area contributed by atoms with Crippen molar-refractivity contribution in [2.75, 3.05) is 13.1 Å². The maximum absolute atomic E-state index is 11.9. The van der Waals surface area contributed by atoms with Gasteiger partial charge in [0.15, 0.2) is 0 Å². The molecule has 1 aliphatic heterocycles. The molecule has 0 aromatic heterocycles. The molecule has 0 saturated carbocycles. The average Bonchev–Trinajstić information content (AvgIpc) is 2.41. The number of hydrogen-bond donors (Lipinski definition) is 2. The van der Waals surface area contributed by atoms with Crippen LogP contribution in [0.3, 0.4) is 0 Å². The molecule has 1 aromatic rings. The smallest absolute Gasteiger partial charge is 0.220 e. The Balaban J connectivity index is 0.00000200. The van der Waals surface area contributed by atoms with E-state index in [0.29, 0.717) is 17.9 Å². The van der Waals surface area contributed by atoms with Crippen molar-refractivity contribution in [3.63, 3.8) is 0 Å². The van der Waals surface area contributed by atoms with Crippen LogP contribution in [0.4, 0.5) is 0 Å². The van der Waals surface area contributed by atoms with Crippen LogP contribution in [0.15, 0.2) is 22.7 Å². The fourth-order valence-corrected chi connectivity index (χ4v) is 2.90. The Morgan fingerprint density at radius 1 is 1.50 bits per heavy atom. The van der Waals surface area contributed by atoms with Gasteiger partial charge in [-0.15, -0.1) is 12.4 Å². The summed E-state index contributed by atoms with van der Waals surface area (Å²) < 4.78 is 1.00. The summed E-state index contributed by atoms with van der Waals surface area (Å²) in [5.74, 6) is 0.112. The summed E-state index contributed by atoms with van der Waals surface area (Å²) in [5.41, 5.74) is 1.07. The molecule has 0 radical (unpaired) electrons. The van der Waals surface area contributed by atoms with Gasteiger partial charge >= 0.3 is 0 Å². The SMILES string of the molecule is Cl.O=C(CCc1cc(Cl)ccc1Br)NC1CCCNC1. The molecular formula is C14H19BrCl2N2O. The third-order valence-electron chi connectivity index (χ3n) is 3.29. The fraction of sp³-hybridized carbons (Fsp3) is 0.500. The number of nitrogens with one attached hydrogen (secondary N) is 2. The Morgan fingerprint density at radius 3 is 3.00 bits per heavy atom. The molecule has 1 fully saturated rings. The first-order valence-corrected chi connectivity index (χ1v) is 7.76. The van der Waals surface area contributed by atoms with Crippen LogP contribution in [0.25, 0.3) is 0 Å². The predicted octanol–water partition coefficient (Wildman–Crippen LogP) is 3.33. The Morgan fingerprint density at radius 2 is 2.30 bits per heavy atom. The monoisotopic (exact) mass is 380 g/mol. The zero-order valence-corrected chi connectivity index (χ0v) is 14.3. The number of carbonyl (C=O) groups excluding carboxylic acids is 1. The molecule has 1 saturated heterocycles. The van der Waals surface area contributed by atoms with Crippen molar-refractivity contribution in [3.8, 4) is 0 Å². The van der Waals surface area contributed by atoms with Crippen LogP contribution in [0.5, 0.6) is 0 Å². The second kappa shape index (κ2) is 8.88. The first-order valence-electron chi connectivity index (χ1n) is 6.59. The lowest BCUT2D eigenvalue weighted by Gasteiger charge is -2.23. The number of aryl methyl sites for hydroxylation is 1. The van der Waals surface area contributed by atoms with Crippen LogP contribution in [-0.2, 0) is 11.2 Å². The number of amides is 1. The van der Waals surface area contributed by atoms with Gasteiger partial charge < -0.3 is 10.6 Å². The minimum absolute atomic E-state index is 0. The van der Waals surface area contributed by atoms with E-state index < -0.39 is 0 Å². The number of piperidine rings is 1. The Kier molecular flexibility index (Phi) is 7.88. The van der Waals surface area contributed by atoms with E-state index >= 15 is 0 Å². The van der Waals surface area contributed by atoms with Crippen LogP contribution in [0.2, 0.25) is 5.02 Å². The Hall–Kier alpha value is -0.290. The molecule has 2 N–H and O–H groups in total. The molecule has 0 aliphatic carbocycles. The number of halogens is 3. The van der Waals surface area contributed by atoms with Crippen LogP contribution in [0.1, 0.15) is 24.8 Å². The highest BCUT2D eigenvalue weighted by Crippen LogP contribution is 2.22. The van der Waals surface area contributed by atoms with Gasteiger partial charge in [0.2, 0.25) is 5.91 Å². The lowest BCUT2D eigenvalue weighted by molar-refractivity contribution is -0.121. The largest absolute Gasteiger partial charge is 0.352 e. The van der Waals surface area contributed by atoms with Gasteiger partial charge in [-0.1, -0.05) is 27.5 Å². The van der Waals surface area contributed by atoms with Crippen LogP contribution in [0, 0.1) is 0 Å². The van der Waals surface area contributed by atoms with Gasteiger partial charge in [0.1, 0.15) is 0 Å². The van der Waals surface area contributed by atoms with Gasteiger partial charge in [-0.05, 0) is 49.6 Å². The highest BCUT2D eigenvalue weighted by molar-refractivity contribution is 9.10. The molecule has 1 amide bonds. The van der Waals surface area contributed by atoms with E-state index in [1.54, 1.807) is 0 Å². The second-order valence-corrected chi connectivity index (χ2v) is 6.14. The highest BCUT2D eigenvalue weighted by atomic mass is 79.9. The number of rotatable bonds is 4. The molecule has 3 nitrogen and oxygen atoms in total. The van der Waals surface area contributed by atoms with E-state index in [0.717, 1.165) is 36.0 Å². The van der Waals surface area contributed by atoms with Crippen LogP contribution >= 0.6 is 39.9 Å². The summed E-state index contributed by atoms with van der Waals surface area (Å²) in [6.07, 6.45) is 3.40. The van der Waals surface area contributed by atoms with E-state index in [1.165, 1.54) is 0 Å². The van der Waals surface area contributed by atoms with Gasteiger partial charge in [-0.3, -0.25) is 4.79 Å². The molecule has 1 aromatic carbocycles. The van der Waals surface area contributed by atoms with Crippen molar-refractivity contribution in [1.82, 2.24) is 10.6 Å². The molecule has 2 rings (SSSR count). The van der Waals surface area contributed by atoms with E-state index in [-0.39, 0.29) is 24.4 Å². The third kappa shape index (κ3) is 5.60. The number of carbonyl (C=O) groups is 1. The van der Waals surface area contributed by atoms with Crippen LogP contribution < -0.4 is 10.6 Å². The third-order valence-corrected chi connectivity index (χ3v) is 4.30. The van der Waals surface area contributed by atoms with Crippen molar-refractivity contribution in [1.29, 1.82) is 0 Å². The van der Waals surface area contributed by atoms with Crippen molar-refractivity contribution in [2.45, 2.75) is 31.7 Å². The van der Waals surface area contributed by atoms with Crippen molar-refractivity contribution < 1.29 is 4.79 Å². The zero-order chi connectivity index (χ0) is 13.7. The van der Waals surface area contributed by atoms with E-state index in [1.807, 2.05) is 18.2 Å². The van der Waals surface area contributed by atoms with E-state index in [2.05, 4.69) is 26.6 Å². The summed E-state index contributed by atoms with van der Waals surface area (Å²) in [5, 5.41) is 7.07. The van der Waals surface area contributed by atoms with Gasteiger partial charge in [0, 0.05) is 28.5 Å². The molecule has 1 heterocycles. The van der Waals surface area contributed by atoms with E-state index in [4.69, 9.17) is 11.6 Å². The van der Waals surface area contributed by atoms with Crippen molar-refractivity contribution in [2.24, 2.45) is 0 Å². The minimum Gasteiger partial charge on any atom is -0.352 e. The minimum atomic E-state index is 0. The van der Waals surface area contributed by atoms with Crippen LogP contribution in [-0.4, -0.2) is 25.0 Å². The maximum Gasteiger partial charge on any atom is 0.220 e. The molecule has 112 valence electrons. The molecule has 0 bridgehead atoms. The summed E-state index contributed by atoms with van der Waals surface area (Å²) in [6, 6.07) is 5.94. The van der Waals surface area contributed by atoms with Gasteiger partial charge in [0.25, 0.3) is 0 Å². The van der Waals surface area contributed by atoms with Crippen molar-refractivity contribution >= 4 is 45.8 Å². The maximum atomic E-state index is 11.9. The molecule has 1 atom stereocenters. The summed E-state index contributed by atoms with van der Waals surface area (Å²) in [4.78, 5) is 11.9. The van der Waals surface area contributed by atoms with E-state index in [9.17, 15) is 4.79 Å². The van der Waals surface area contributed by atoms with Gasteiger partial charge in [-0.2, -0.15) is 0 Å². The lowest BCUT2D eigenvalue weighted by Crippen LogP contribution is -2.45. The number of hydrogen-bond acceptors (Lipinski definition) is 2. The second-order valence-electron chi connectivity index (χ2n) is 4.85. The molecule has 1 unspecified atom stereocenters. The predicted molar refractivity (Wildman–Crippen MR) is 88.8 cm³/mol. The molecule has 20 heavy (non-hydrogen) atoms. The first kappa shape index (κ1) is 17.8. The molecular weight excluding hydrogens is 363 g/mol. The molecule has 0 spiro atoms.